The third-order valence-electron chi connectivity index (χ3n) is 2.41. The summed E-state index contributed by atoms with van der Waals surface area (Å²) in [6, 6.07) is 8.71. The molecule has 0 saturated heterocycles. The minimum absolute atomic E-state index is 0. The molecule has 1 aromatic rings. The van der Waals surface area contributed by atoms with Crippen LogP contribution in [0.25, 0.3) is 11.8 Å². The second kappa shape index (κ2) is 11.2. The van der Waals surface area contributed by atoms with Gasteiger partial charge in [0.1, 0.15) is 0 Å². The van der Waals surface area contributed by atoms with E-state index in [2.05, 4.69) is 43.4 Å². The first kappa shape index (κ1) is 25.5. The van der Waals surface area contributed by atoms with Crippen molar-refractivity contribution in [3.63, 3.8) is 0 Å². The van der Waals surface area contributed by atoms with E-state index >= 15 is 0 Å². The van der Waals surface area contributed by atoms with Crippen LogP contribution in [0, 0.1) is 0 Å². The van der Waals surface area contributed by atoms with Gasteiger partial charge in [-0.3, -0.25) is 0 Å². The van der Waals surface area contributed by atoms with E-state index in [4.69, 9.17) is 5.73 Å². The normalized spacial score (nSPS) is 11.8. The Morgan fingerprint density at radius 2 is 1.50 bits per heavy atom. The van der Waals surface area contributed by atoms with E-state index in [0.29, 0.717) is 0 Å². The van der Waals surface area contributed by atoms with E-state index in [-0.39, 0.29) is 65.4 Å². The van der Waals surface area contributed by atoms with Gasteiger partial charge in [-0.25, -0.2) is 0 Å². The van der Waals surface area contributed by atoms with Crippen LogP contribution in [0.2, 0.25) is 13.1 Å². The molecule has 0 aliphatic heterocycles. The Bertz CT molecular complexity index is 409. The van der Waals surface area contributed by atoms with Gasteiger partial charge in [0.2, 0.25) is 0 Å². The minimum Gasteiger partial charge on any atom is -1.00 e. The molecule has 0 aromatic heterocycles. The van der Waals surface area contributed by atoms with Crippen LogP contribution in [0.5, 0.6) is 0 Å². The molecule has 1 N–H and O–H groups in total. The van der Waals surface area contributed by atoms with Gasteiger partial charge in [-0.05, 0) is 17.5 Å². The fraction of sp³-hybridized carbons (Fsp3) is 0.467. The van der Waals surface area contributed by atoms with Crippen LogP contribution in [0.4, 0.5) is 0 Å². The molecule has 0 heterocycles. The van der Waals surface area contributed by atoms with E-state index in [1.165, 1.54) is 17.5 Å². The van der Waals surface area contributed by atoms with Gasteiger partial charge in [0.25, 0.3) is 0 Å². The molecule has 1 aromatic carbocycles. The number of halogens is 2. The van der Waals surface area contributed by atoms with E-state index in [9.17, 15) is 0 Å². The van der Waals surface area contributed by atoms with Crippen LogP contribution in [-0.2, 0) is 32.6 Å². The molecule has 1 aliphatic carbocycles. The van der Waals surface area contributed by atoms with Crippen LogP contribution in [0.1, 0.15) is 31.9 Å². The summed E-state index contributed by atoms with van der Waals surface area (Å²) in [5.41, 5.74) is 9.64. The molecule has 20 heavy (non-hydrogen) atoms. The topological polar surface area (TPSA) is 23.8 Å². The molecule has 1 nitrogen and oxygen atoms in total. The van der Waals surface area contributed by atoms with Crippen LogP contribution in [0.3, 0.4) is 0 Å². The smallest absolute Gasteiger partial charge is 1.00 e. The Kier molecular flexibility index (Phi) is 14.3. The quantitative estimate of drug-likeness (QED) is 0.521. The third-order valence-corrected chi connectivity index (χ3v) is 4.01. The van der Waals surface area contributed by atoms with Crippen molar-refractivity contribution in [1.82, 2.24) is 0 Å². The van der Waals surface area contributed by atoms with Crippen LogP contribution >= 0.6 is 0 Å². The summed E-state index contributed by atoms with van der Waals surface area (Å²) in [5.74, 6) is 0. The minimum atomic E-state index is -0.250. The molecule has 0 saturated carbocycles. The summed E-state index contributed by atoms with van der Waals surface area (Å²) in [7, 11) is -0.218. The first-order chi connectivity index (χ1) is 7.77. The number of benzene rings is 1. The molecule has 2 radical (unpaired) electrons. The molecule has 110 valence electrons. The van der Waals surface area contributed by atoms with Crippen molar-refractivity contribution in [2.45, 2.75) is 45.8 Å². The Balaban J connectivity index is -0.000000322. The number of allylic oxidation sites excluding steroid dienone is 1. The fourth-order valence-electron chi connectivity index (χ4n) is 1.60. The molecule has 1 aliphatic rings. The molecular weight excluding hydrogens is 384 g/mol. The van der Waals surface area contributed by atoms with E-state index in [1.54, 1.807) is 5.20 Å². The Morgan fingerprint density at radius 1 is 1.05 bits per heavy atom. The molecule has 0 fully saturated rings. The van der Waals surface area contributed by atoms with Crippen molar-refractivity contribution in [3.8, 4) is 0 Å². The zero-order valence-corrected chi connectivity index (χ0v) is 17.8. The zero-order chi connectivity index (χ0) is 13.1. The first-order valence-electron chi connectivity index (χ1n) is 6.11. The summed E-state index contributed by atoms with van der Waals surface area (Å²) in [4.78, 5) is 0. The number of nitrogens with one attached hydrogen (secondary N) is 1. The Hall–Kier alpha value is 0.600. The van der Waals surface area contributed by atoms with Gasteiger partial charge in [-0.2, -0.15) is 0 Å². The van der Waals surface area contributed by atoms with Crippen LogP contribution in [0.15, 0.2) is 29.5 Å². The van der Waals surface area contributed by atoms with Crippen molar-refractivity contribution in [2.24, 2.45) is 0 Å². The van der Waals surface area contributed by atoms with E-state index < -0.39 is 0 Å². The molecule has 0 unspecified atom stereocenters. The number of hydrogen-bond acceptors (Lipinski definition) is 0. The van der Waals surface area contributed by atoms with Crippen molar-refractivity contribution in [2.75, 3.05) is 0 Å². The van der Waals surface area contributed by atoms with Crippen molar-refractivity contribution in [1.29, 1.82) is 0 Å². The van der Waals surface area contributed by atoms with Gasteiger partial charge >= 0.3 is 26.2 Å². The number of hydrogen-bond donors (Lipinski definition) is 0. The van der Waals surface area contributed by atoms with Gasteiger partial charge in [0, 0.05) is 0 Å². The molecule has 5 heteroatoms. The van der Waals surface area contributed by atoms with Crippen LogP contribution < -0.4 is 24.8 Å². The average Bonchev–Trinajstić information content (AvgIpc) is 2.58. The Morgan fingerprint density at radius 3 is 1.90 bits per heavy atom. The zero-order valence-electron chi connectivity index (χ0n) is 12.8. The predicted octanol–water partition coefficient (Wildman–Crippen LogP) is -1.24. The molecular formula is C15H23Cl2NSiZr. The van der Waals surface area contributed by atoms with E-state index in [0.717, 1.165) is 0 Å². The van der Waals surface area contributed by atoms with Gasteiger partial charge in [0.05, 0.1) is 8.80 Å². The molecule has 0 amide bonds. The van der Waals surface area contributed by atoms with Gasteiger partial charge < -0.3 is 30.5 Å². The maximum atomic E-state index is 6.94. The summed E-state index contributed by atoms with van der Waals surface area (Å²) in [6.07, 6.45) is 3.58. The summed E-state index contributed by atoms with van der Waals surface area (Å²) < 4.78 is 0. The monoisotopic (exact) mass is 405 g/mol. The standard InChI is InChI=1S/C11H13Si.C4H10N.2ClH.Zr/c1-12(2)11-7-9-5-3-4-6-10(9)8-11;1-4(2,3)5;;;/h3-7H,8H2,1-2H3;5H,1-3H3;2*1H;/q;-1;;;+3/p-2. The first-order valence-corrected chi connectivity index (χ1v) is 8.61. The maximum absolute atomic E-state index is 6.94. The van der Waals surface area contributed by atoms with Crippen molar-refractivity contribution >= 4 is 14.9 Å². The molecule has 0 spiro atoms. The maximum Gasteiger partial charge on any atom is 3.00 e. The second-order valence-electron chi connectivity index (χ2n) is 5.80. The predicted molar refractivity (Wildman–Crippen MR) is 79.7 cm³/mol. The number of fused-ring (bicyclic) bond motifs is 1. The van der Waals surface area contributed by atoms with Crippen molar-refractivity contribution < 1.29 is 51.0 Å². The summed E-state index contributed by atoms with van der Waals surface area (Å²) >= 11 is 0. The van der Waals surface area contributed by atoms with Gasteiger partial charge in [-0.1, -0.05) is 69.4 Å². The summed E-state index contributed by atoms with van der Waals surface area (Å²) in [6.45, 7) is 10.3. The third kappa shape index (κ3) is 10.3. The van der Waals surface area contributed by atoms with Gasteiger partial charge in [0.15, 0.2) is 0 Å². The summed E-state index contributed by atoms with van der Waals surface area (Å²) in [5, 5.41) is 1.67. The van der Waals surface area contributed by atoms with Crippen molar-refractivity contribution in [3.05, 3.63) is 46.3 Å². The largest absolute Gasteiger partial charge is 3.00 e. The number of rotatable bonds is 1. The fourth-order valence-corrected chi connectivity index (χ4v) is 2.59. The molecule has 2 rings (SSSR count). The van der Waals surface area contributed by atoms with E-state index in [1.807, 2.05) is 20.8 Å². The molecule has 0 atom stereocenters. The van der Waals surface area contributed by atoms with Crippen LogP contribution in [-0.4, -0.2) is 14.3 Å². The Labute approximate surface area is 157 Å². The average molecular weight is 408 g/mol. The molecule has 0 bridgehead atoms. The van der Waals surface area contributed by atoms with Gasteiger partial charge in [-0.15, -0.1) is 5.54 Å². The second-order valence-corrected chi connectivity index (χ2v) is 8.44. The SMILES string of the molecule is CC(C)(C)[NH-].C[Si](C)C1=Cc2ccccc2C1.[Cl-].[Cl-].[Zr+3].